The van der Waals surface area contributed by atoms with Crippen molar-refractivity contribution in [3.05, 3.63) is 71.8 Å². The van der Waals surface area contributed by atoms with E-state index in [0.717, 1.165) is 6.54 Å². The number of phenolic OH excluding ortho intramolecular Hbond substituents is 1. The molecule has 1 aliphatic rings. The maximum absolute atomic E-state index is 13.1. The summed E-state index contributed by atoms with van der Waals surface area (Å²) in [6, 6.07) is 10.4. The van der Waals surface area contributed by atoms with Gasteiger partial charge < -0.3 is 29.5 Å². The minimum absolute atomic E-state index is 0.0117. The number of benzene rings is 2. The van der Waals surface area contributed by atoms with Crippen LogP contribution in [0.1, 0.15) is 23.6 Å². The van der Waals surface area contributed by atoms with Crippen LogP contribution in [0.25, 0.3) is 5.76 Å². The average Bonchev–Trinajstić information content (AvgIpc) is 3.07. The van der Waals surface area contributed by atoms with Crippen LogP contribution in [-0.2, 0) is 9.59 Å². The zero-order valence-corrected chi connectivity index (χ0v) is 19.7. The van der Waals surface area contributed by atoms with Crippen LogP contribution >= 0.6 is 0 Å². The third-order valence-electron chi connectivity index (χ3n) is 5.56. The molecule has 0 spiro atoms. The van der Waals surface area contributed by atoms with E-state index in [1.807, 2.05) is 19.0 Å². The molecule has 0 unspecified atom stereocenters. The molecule has 2 aromatic rings. The van der Waals surface area contributed by atoms with E-state index < -0.39 is 17.7 Å². The number of aliphatic hydroxyl groups is 1. The van der Waals surface area contributed by atoms with E-state index in [0.29, 0.717) is 36.4 Å². The number of likely N-dealkylation sites (tertiary alicyclic amines) is 1. The number of phenols is 1. The third kappa shape index (κ3) is 5.23. The predicted molar refractivity (Wildman–Crippen MR) is 129 cm³/mol. The highest BCUT2D eigenvalue weighted by molar-refractivity contribution is 6.46. The number of ketones is 1. The van der Waals surface area contributed by atoms with Gasteiger partial charge in [-0.25, -0.2) is 0 Å². The van der Waals surface area contributed by atoms with E-state index in [-0.39, 0.29) is 22.8 Å². The number of ether oxygens (including phenoxy) is 2. The summed E-state index contributed by atoms with van der Waals surface area (Å²) < 4.78 is 10.7. The second kappa shape index (κ2) is 10.9. The minimum Gasteiger partial charge on any atom is -0.507 e. The lowest BCUT2D eigenvalue weighted by atomic mass is 9.95. The van der Waals surface area contributed by atoms with Crippen LogP contribution < -0.4 is 9.47 Å². The first-order chi connectivity index (χ1) is 16.3. The molecule has 1 heterocycles. The quantitative estimate of drug-likeness (QED) is 0.240. The molecular formula is C26H30N2O6. The van der Waals surface area contributed by atoms with E-state index >= 15 is 0 Å². The molecule has 0 radical (unpaired) electrons. The van der Waals surface area contributed by atoms with Crippen LogP contribution in [0.4, 0.5) is 0 Å². The van der Waals surface area contributed by atoms with Crippen molar-refractivity contribution < 1.29 is 29.3 Å². The number of rotatable bonds is 10. The second-order valence-electron chi connectivity index (χ2n) is 8.20. The maximum atomic E-state index is 13.1. The third-order valence-corrected chi connectivity index (χ3v) is 5.56. The maximum Gasteiger partial charge on any atom is 0.295 e. The van der Waals surface area contributed by atoms with Gasteiger partial charge in [-0.05, 0) is 69.0 Å². The van der Waals surface area contributed by atoms with Crippen LogP contribution in [-0.4, -0.2) is 72.6 Å². The smallest absolute Gasteiger partial charge is 0.295 e. The summed E-state index contributed by atoms with van der Waals surface area (Å²) in [4.78, 5) is 29.6. The second-order valence-corrected chi connectivity index (χ2v) is 8.20. The molecule has 2 N–H and O–H groups in total. The van der Waals surface area contributed by atoms with Gasteiger partial charge in [0, 0.05) is 12.1 Å². The Labute approximate surface area is 199 Å². The summed E-state index contributed by atoms with van der Waals surface area (Å²) in [5.41, 5.74) is 0.918. The van der Waals surface area contributed by atoms with Crippen LogP contribution in [0.2, 0.25) is 0 Å². The lowest BCUT2D eigenvalue weighted by Crippen LogP contribution is -2.32. The highest BCUT2D eigenvalue weighted by Gasteiger charge is 2.46. The molecule has 0 saturated carbocycles. The number of nitrogens with zero attached hydrogens (tertiary/aromatic N) is 2. The highest BCUT2D eigenvalue weighted by Crippen LogP contribution is 2.41. The Hall–Kier alpha value is -3.78. The molecule has 1 amide bonds. The molecule has 1 atom stereocenters. The Morgan fingerprint density at radius 1 is 1.18 bits per heavy atom. The summed E-state index contributed by atoms with van der Waals surface area (Å²) in [5, 5.41) is 21.2. The van der Waals surface area contributed by atoms with Gasteiger partial charge in [-0.2, -0.15) is 0 Å². The van der Waals surface area contributed by atoms with Crippen molar-refractivity contribution in [1.82, 2.24) is 9.80 Å². The number of amides is 1. The molecule has 8 nitrogen and oxygen atoms in total. The van der Waals surface area contributed by atoms with E-state index in [1.54, 1.807) is 42.5 Å². The lowest BCUT2D eigenvalue weighted by molar-refractivity contribution is -0.139. The first-order valence-corrected chi connectivity index (χ1v) is 10.9. The molecule has 0 aliphatic carbocycles. The Balaban J connectivity index is 2.07. The SMILES string of the molecule is C=CCOc1ccc(C(O)=C2C(=O)C(=O)N(CCCN(C)C)[C@@H]2c2ccc(O)c(OC)c2)cc1. The van der Waals surface area contributed by atoms with Crippen molar-refractivity contribution >= 4 is 17.4 Å². The van der Waals surface area contributed by atoms with Crippen molar-refractivity contribution in [2.45, 2.75) is 12.5 Å². The fourth-order valence-electron chi connectivity index (χ4n) is 3.90. The summed E-state index contributed by atoms with van der Waals surface area (Å²) in [6.45, 7) is 4.99. The summed E-state index contributed by atoms with van der Waals surface area (Å²) in [5.74, 6) is -0.984. The number of aliphatic hydroxyl groups excluding tert-OH is 1. The van der Waals surface area contributed by atoms with Gasteiger partial charge in [-0.15, -0.1) is 0 Å². The van der Waals surface area contributed by atoms with Crippen LogP contribution in [0, 0.1) is 0 Å². The predicted octanol–water partition coefficient (Wildman–Crippen LogP) is 3.34. The first-order valence-electron chi connectivity index (χ1n) is 10.9. The molecule has 1 fully saturated rings. The van der Waals surface area contributed by atoms with E-state index in [1.165, 1.54) is 18.1 Å². The van der Waals surface area contributed by atoms with Gasteiger partial charge in [0.15, 0.2) is 11.5 Å². The van der Waals surface area contributed by atoms with Gasteiger partial charge in [-0.3, -0.25) is 9.59 Å². The Morgan fingerprint density at radius 3 is 2.50 bits per heavy atom. The van der Waals surface area contributed by atoms with Crippen molar-refractivity contribution in [3.63, 3.8) is 0 Å². The van der Waals surface area contributed by atoms with E-state index in [2.05, 4.69) is 6.58 Å². The molecule has 34 heavy (non-hydrogen) atoms. The number of carbonyl (C=O) groups is 2. The topological polar surface area (TPSA) is 99.5 Å². The van der Waals surface area contributed by atoms with Gasteiger partial charge in [-0.1, -0.05) is 18.7 Å². The molecule has 8 heteroatoms. The standard InChI is InChI=1S/C26H30N2O6/c1-5-15-34-19-10-7-17(8-11-19)24(30)22-23(18-9-12-20(29)21(16-18)33-4)28(26(32)25(22)31)14-6-13-27(2)3/h5,7-12,16,23,29-30H,1,6,13-15H2,2-4H3/t23-/m1/s1. The monoisotopic (exact) mass is 466 g/mol. The Bertz CT molecular complexity index is 1090. The molecule has 1 aliphatic heterocycles. The van der Waals surface area contributed by atoms with Crippen molar-refractivity contribution in [1.29, 1.82) is 0 Å². The summed E-state index contributed by atoms with van der Waals surface area (Å²) in [7, 11) is 5.28. The van der Waals surface area contributed by atoms with Crippen LogP contribution in [0.15, 0.2) is 60.7 Å². The fourth-order valence-corrected chi connectivity index (χ4v) is 3.90. The van der Waals surface area contributed by atoms with Gasteiger partial charge in [0.25, 0.3) is 11.7 Å². The minimum atomic E-state index is -0.826. The van der Waals surface area contributed by atoms with Gasteiger partial charge in [0.1, 0.15) is 18.1 Å². The first kappa shape index (κ1) is 24.9. The van der Waals surface area contributed by atoms with E-state index in [9.17, 15) is 19.8 Å². The molecule has 3 rings (SSSR count). The van der Waals surface area contributed by atoms with Crippen LogP contribution in [0.3, 0.4) is 0 Å². The molecule has 2 aromatic carbocycles. The normalized spacial score (nSPS) is 17.3. The van der Waals surface area contributed by atoms with Crippen molar-refractivity contribution in [3.8, 4) is 17.2 Å². The van der Waals surface area contributed by atoms with Gasteiger partial charge >= 0.3 is 0 Å². The summed E-state index contributed by atoms with van der Waals surface area (Å²) in [6.07, 6.45) is 2.26. The summed E-state index contributed by atoms with van der Waals surface area (Å²) >= 11 is 0. The zero-order chi connectivity index (χ0) is 24.8. The molecule has 0 aromatic heterocycles. The van der Waals surface area contributed by atoms with Gasteiger partial charge in [0.2, 0.25) is 0 Å². The number of hydrogen-bond donors (Lipinski definition) is 2. The lowest BCUT2D eigenvalue weighted by Gasteiger charge is -2.26. The Morgan fingerprint density at radius 2 is 1.88 bits per heavy atom. The van der Waals surface area contributed by atoms with Crippen LogP contribution in [0.5, 0.6) is 17.2 Å². The molecule has 1 saturated heterocycles. The highest BCUT2D eigenvalue weighted by atomic mass is 16.5. The zero-order valence-electron chi connectivity index (χ0n) is 19.7. The van der Waals surface area contributed by atoms with E-state index in [4.69, 9.17) is 9.47 Å². The Kier molecular flexibility index (Phi) is 7.96. The molecule has 0 bridgehead atoms. The average molecular weight is 467 g/mol. The number of aromatic hydroxyl groups is 1. The number of Topliss-reactive ketones (excluding diaryl/α,β-unsaturated/α-hetero) is 1. The van der Waals surface area contributed by atoms with Crippen molar-refractivity contribution in [2.24, 2.45) is 0 Å². The largest absolute Gasteiger partial charge is 0.507 e. The van der Waals surface area contributed by atoms with Crippen molar-refractivity contribution in [2.75, 3.05) is 40.9 Å². The molecule has 180 valence electrons. The number of methoxy groups -OCH3 is 1. The fraction of sp³-hybridized carbons (Fsp3) is 0.308. The number of carbonyl (C=O) groups excluding carboxylic acids is 2. The van der Waals surface area contributed by atoms with Gasteiger partial charge in [0.05, 0.1) is 18.7 Å². The molecular weight excluding hydrogens is 436 g/mol. The number of hydrogen-bond acceptors (Lipinski definition) is 7.